The van der Waals surface area contributed by atoms with E-state index in [2.05, 4.69) is 18.0 Å². The van der Waals surface area contributed by atoms with Crippen LogP contribution in [0.3, 0.4) is 0 Å². The van der Waals surface area contributed by atoms with Crippen molar-refractivity contribution in [1.82, 2.24) is 5.32 Å². The quantitative estimate of drug-likeness (QED) is 0.505. The van der Waals surface area contributed by atoms with Crippen LogP contribution in [0.25, 0.3) is 0 Å². The molecule has 24 heavy (non-hydrogen) atoms. The van der Waals surface area contributed by atoms with E-state index in [9.17, 15) is 14.9 Å². The number of rotatable bonds is 5. The molecule has 0 saturated carbocycles. The molecule has 0 fully saturated rings. The number of thioether (sulfide) groups is 1. The smallest absolute Gasteiger partial charge is 0.319 e. The van der Waals surface area contributed by atoms with E-state index in [-0.39, 0.29) is 0 Å². The van der Waals surface area contributed by atoms with Crippen molar-refractivity contribution in [1.29, 1.82) is 5.26 Å². The van der Waals surface area contributed by atoms with Gasteiger partial charge in [-0.05, 0) is 12.5 Å². The number of allylic oxidation sites excluding steroid dienone is 1. The van der Waals surface area contributed by atoms with Gasteiger partial charge in [0.25, 0.3) is 0 Å². The van der Waals surface area contributed by atoms with Gasteiger partial charge in [0.15, 0.2) is 0 Å². The highest BCUT2D eigenvalue weighted by molar-refractivity contribution is 8.03. The van der Waals surface area contributed by atoms with E-state index in [0.717, 1.165) is 11.1 Å². The summed E-state index contributed by atoms with van der Waals surface area (Å²) in [7, 11) is 1.24. The summed E-state index contributed by atoms with van der Waals surface area (Å²) in [6.45, 7) is 5.59. The largest absolute Gasteiger partial charge is 0.468 e. The molecule has 1 aliphatic rings. The van der Waals surface area contributed by atoms with E-state index in [1.807, 2.05) is 31.2 Å². The monoisotopic (exact) mass is 342 g/mol. The lowest BCUT2D eigenvalue weighted by Crippen LogP contribution is -2.44. The minimum atomic E-state index is -1.08. The van der Waals surface area contributed by atoms with Crippen LogP contribution in [-0.2, 0) is 14.3 Å². The van der Waals surface area contributed by atoms with Crippen LogP contribution in [0.2, 0.25) is 0 Å². The van der Waals surface area contributed by atoms with E-state index in [1.54, 1.807) is 6.08 Å². The second-order valence-electron chi connectivity index (χ2n) is 5.33. The maximum absolute atomic E-state index is 12.5. The molecule has 0 bridgehead atoms. The van der Waals surface area contributed by atoms with Gasteiger partial charge in [-0.2, -0.15) is 5.26 Å². The number of hydrogen-bond donors (Lipinski definition) is 1. The van der Waals surface area contributed by atoms with Gasteiger partial charge in [0, 0.05) is 11.7 Å². The summed E-state index contributed by atoms with van der Waals surface area (Å²) in [6, 6.07) is 9.61. The van der Waals surface area contributed by atoms with Crippen molar-refractivity contribution < 1.29 is 14.3 Å². The Morgan fingerprint density at radius 1 is 1.46 bits per heavy atom. The lowest BCUT2D eigenvalue weighted by atomic mass is 9.78. The summed E-state index contributed by atoms with van der Waals surface area (Å²) in [6.07, 6.45) is 1.69. The van der Waals surface area contributed by atoms with Gasteiger partial charge < -0.3 is 10.1 Å². The molecule has 1 heterocycles. The number of nitrogens with one attached hydrogen (secondary N) is 1. The van der Waals surface area contributed by atoms with Crippen LogP contribution in [0, 0.1) is 24.2 Å². The Hall–Kier alpha value is -2.52. The Morgan fingerprint density at radius 2 is 2.12 bits per heavy atom. The molecule has 0 unspecified atom stereocenters. The van der Waals surface area contributed by atoms with Crippen molar-refractivity contribution in [3.8, 4) is 6.07 Å². The molecule has 1 aromatic carbocycles. The maximum Gasteiger partial charge on any atom is 0.319 e. The number of nitriles is 1. The molecular weight excluding hydrogens is 324 g/mol. The molecule has 1 N–H and O–H groups in total. The van der Waals surface area contributed by atoms with Crippen LogP contribution in [0.5, 0.6) is 0 Å². The predicted octanol–water partition coefficient (Wildman–Crippen LogP) is 2.65. The molecule has 0 radical (unpaired) electrons. The highest BCUT2D eigenvalue weighted by Gasteiger charge is 2.44. The number of esters is 1. The Kier molecular flexibility index (Phi) is 5.83. The number of amides is 1. The molecule has 1 aliphatic heterocycles. The van der Waals surface area contributed by atoms with Crippen molar-refractivity contribution in [2.45, 2.75) is 12.8 Å². The first-order chi connectivity index (χ1) is 11.5. The average molecular weight is 342 g/mol. The number of hydrogen-bond acceptors (Lipinski definition) is 5. The molecule has 6 heteroatoms. The van der Waals surface area contributed by atoms with Crippen LogP contribution in [0.1, 0.15) is 17.0 Å². The molecule has 2 rings (SSSR count). The summed E-state index contributed by atoms with van der Waals surface area (Å²) >= 11 is 1.31. The number of carbonyl (C=O) groups is 2. The number of aryl methyl sites for hydroxylation is 1. The van der Waals surface area contributed by atoms with Gasteiger partial charge in [0.1, 0.15) is 5.92 Å². The first kappa shape index (κ1) is 17.8. The van der Waals surface area contributed by atoms with Crippen molar-refractivity contribution in [2.75, 3.05) is 12.9 Å². The summed E-state index contributed by atoms with van der Waals surface area (Å²) in [5.74, 6) is -2.31. The molecule has 0 aliphatic carbocycles. The standard InChI is InChI=1S/C18H18N2O3S/c1-4-9-24-17-13(10-19)14(12-7-5-11(2)6-8-12)15(16(21)20-17)18(22)23-3/h4-8,14-15H,1,9H2,2-3H3,(H,20,21)/t14-,15-/m1/s1. The zero-order chi connectivity index (χ0) is 17.7. The fraction of sp³-hybridized carbons (Fsp3) is 0.278. The molecule has 0 saturated heterocycles. The Bertz CT molecular complexity index is 732. The first-order valence-electron chi connectivity index (χ1n) is 7.36. The van der Waals surface area contributed by atoms with E-state index in [1.165, 1.54) is 18.9 Å². The fourth-order valence-corrected chi connectivity index (χ4v) is 3.38. The molecule has 1 amide bonds. The molecule has 0 spiro atoms. The van der Waals surface area contributed by atoms with Crippen LogP contribution in [-0.4, -0.2) is 24.7 Å². The number of carbonyl (C=O) groups excluding carboxylic acids is 2. The van der Waals surface area contributed by atoms with E-state index < -0.39 is 23.7 Å². The van der Waals surface area contributed by atoms with Crippen molar-refractivity contribution in [2.24, 2.45) is 5.92 Å². The lowest BCUT2D eigenvalue weighted by Gasteiger charge is -2.30. The van der Waals surface area contributed by atoms with E-state index in [0.29, 0.717) is 16.4 Å². The molecule has 1 aromatic rings. The predicted molar refractivity (Wildman–Crippen MR) is 92.9 cm³/mol. The van der Waals surface area contributed by atoms with Crippen LogP contribution in [0.4, 0.5) is 0 Å². The van der Waals surface area contributed by atoms with E-state index in [4.69, 9.17) is 4.74 Å². The SMILES string of the molecule is C=CCSC1=C(C#N)[C@@H](c2ccc(C)cc2)[C@@H](C(=O)OC)C(=O)N1. The molecule has 2 atom stereocenters. The number of nitrogens with zero attached hydrogens (tertiary/aromatic N) is 1. The minimum absolute atomic E-state index is 0.362. The average Bonchev–Trinajstić information content (AvgIpc) is 2.59. The highest BCUT2D eigenvalue weighted by Crippen LogP contribution is 2.40. The van der Waals surface area contributed by atoms with E-state index >= 15 is 0 Å². The summed E-state index contributed by atoms with van der Waals surface area (Å²) in [5.41, 5.74) is 2.15. The van der Waals surface area contributed by atoms with Crippen LogP contribution < -0.4 is 5.32 Å². The Labute approximate surface area is 145 Å². The summed E-state index contributed by atoms with van der Waals surface area (Å²) < 4.78 is 4.79. The molecule has 124 valence electrons. The Balaban J connectivity index is 2.59. The second kappa shape index (κ2) is 7.84. The first-order valence-corrected chi connectivity index (χ1v) is 8.35. The number of methoxy groups -OCH3 is 1. The van der Waals surface area contributed by atoms with Gasteiger partial charge in [0.05, 0.1) is 23.8 Å². The van der Waals surface area contributed by atoms with Gasteiger partial charge in [0.2, 0.25) is 5.91 Å². The molecular formula is C18H18N2O3S. The fourth-order valence-electron chi connectivity index (χ4n) is 2.60. The van der Waals surface area contributed by atoms with Crippen molar-refractivity contribution >= 4 is 23.6 Å². The third kappa shape index (κ3) is 3.52. The van der Waals surface area contributed by atoms with Crippen molar-refractivity contribution in [3.05, 3.63) is 58.6 Å². The summed E-state index contributed by atoms with van der Waals surface area (Å²) in [4.78, 5) is 24.7. The van der Waals surface area contributed by atoms with Gasteiger partial charge in [-0.15, -0.1) is 18.3 Å². The van der Waals surface area contributed by atoms with Gasteiger partial charge in [-0.3, -0.25) is 9.59 Å². The van der Waals surface area contributed by atoms with Gasteiger partial charge in [-0.25, -0.2) is 0 Å². The zero-order valence-corrected chi connectivity index (χ0v) is 14.4. The third-order valence-electron chi connectivity index (χ3n) is 3.77. The molecule has 0 aromatic heterocycles. The zero-order valence-electron chi connectivity index (χ0n) is 13.5. The normalized spacial score (nSPS) is 20.1. The van der Waals surface area contributed by atoms with Gasteiger partial charge in [-0.1, -0.05) is 35.9 Å². The van der Waals surface area contributed by atoms with Gasteiger partial charge >= 0.3 is 5.97 Å². The second-order valence-corrected chi connectivity index (χ2v) is 6.36. The highest BCUT2D eigenvalue weighted by atomic mass is 32.2. The molecule has 5 nitrogen and oxygen atoms in total. The number of ether oxygens (including phenoxy) is 1. The lowest BCUT2D eigenvalue weighted by molar-refractivity contribution is -0.150. The van der Waals surface area contributed by atoms with Crippen LogP contribution >= 0.6 is 11.8 Å². The van der Waals surface area contributed by atoms with Crippen molar-refractivity contribution in [3.63, 3.8) is 0 Å². The third-order valence-corrected chi connectivity index (χ3v) is 4.78. The topological polar surface area (TPSA) is 79.2 Å². The summed E-state index contributed by atoms with van der Waals surface area (Å²) in [5, 5.41) is 12.8. The number of benzene rings is 1. The van der Waals surface area contributed by atoms with Crippen LogP contribution in [0.15, 0.2) is 47.5 Å². The Morgan fingerprint density at radius 3 is 2.67 bits per heavy atom. The maximum atomic E-state index is 12.5. The minimum Gasteiger partial charge on any atom is -0.468 e.